The second kappa shape index (κ2) is 7.82. The summed E-state index contributed by atoms with van der Waals surface area (Å²) in [5, 5.41) is 16.1. The first-order valence-corrected chi connectivity index (χ1v) is 8.61. The molecule has 0 spiro atoms. The van der Waals surface area contributed by atoms with Gasteiger partial charge in [0.15, 0.2) is 0 Å². The number of nitrogens with one attached hydrogen (secondary N) is 1. The van der Waals surface area contributed by atoms with Crippen LogP contribution in [0, 0.1) is 10.1 Å². The van der Waals surface area contributed by atoms with Crippen LogP contribution in [-0.4, -0.2) is 21.6 Å². The van der Waals surface area contributed by atoms with Gasteiger partial charge in [-0.15, -0.1) is 0 Å². The molecule has 3 rings (SSSR count). The fourth-order valence-corrected chi connectivity index (χ4v) is 2.99. The number of aromatic nitrogens is 1. The van der Waals surface area contributed by atoms with Gasteiger partial charge in [0.05, 0.1) is 17.6 Å². The predicted molar refractivity (Wildman–Crippen MR) is 105 cm³/mol. The SMILES string of the molecule is CC(C)n1cc(C=NNC(=O)Cc2ccccc2[N+](=O)[O-])c2ccccc21. The molecule has 0 aliphatic heterocycles. The molecule has 3 aromatic rings. The van der Waals surface area contributed by atoms with E-state index in [-0.39, 0.29) is 12.1 Å². The third-order valence-electron chi connectivity index (χ3n) is 4.26. The number of nitrogens with zero attached hydrogens (tertiary/aromatic N) is 3. The van der Waals surface area contributed by atoms with E-state index in [0.717, 1.165) is 16.5 Å². The number of rotatable bonds is 6. The fourth-order valence-electron chi connectivity index (χ4n) is 2.99. The summed E-state index contributed by atoms with van der Waals surface area (Å²) >= 11 is 0. The van der Waals surface area contributed by atoms with Crippen molar-refractivity contribution in [3.63, 3.8) is 0 Å². The summed E-state index contributed by atoms with van der Waals surface area (Å²) in [6, 6.07) is 14.5. The van der Waals surface area contributed by atoms with E-state index in [0.29, 0.717) is 11.6 Å². The van der Waals surface area contributed by atoms with E-state index in [9.17, 15) is 14.9 Å². The fraction of sp³-hybridized carbons (Fsp3) is 0.200. The monoisotopic (exact) mass is 364 g/mol. The van der Waals surface area contributed by atoms with Gasteiger partial charge in [0.1, 0.15) is 0 Å². The Morgan fingerprint density at radius 2 is 1.93 bits per heavy atom. The third kappa shape index (κ3) is 4.03. The highest BCUT2D eigenvalue weighted by Gasteiger charge is 2.15. The molecule has 7 heteroatoms. The van der Waals surface area contributed by atoms with Gasteiger partial charge in [-0.3, -0.25) is 14.9 Å². The topological polar surface area (TPSA) is 89.5 Å². The van der Waals surface area contributed by atoms with Crippen molar-refractivity contribution in [2.75, 3.05) is 0 Å². The Morgan fingerprint density at radius 1 is 1.22 bits per heavy atom. The number of carbonyl (C=O) groups excluding carboxylic acids is 1. The minimum absolute atomic E-state index is 0.0726. The molecular weight excluding hydrogens is 344 g/mol. The molecule has 1 heterocycles. The Hall–Kier alpha value is -3.48. The molecule has 0 saturated heterocycles. The summed E-state index contributed by atoms with van der Waals surface area (Å²) in [7, 11) is 0. The average molecular weight is 364 g/mol. The third-order valence-corrected chi connectivity index (χ3v) is 4.26. The summed E-state index contributed by atoms with van der Waals surface area (Å²) in [5.41, 5.74) is 4.72. The Bertz CT molecular complexity index is 1020. The number of nitro benzene ring substituents is 1. The smallest absolute Gasteiger partial charge is 0.273 e. The molecular formula is C20H20N4O3. The molecule has 7 nitrogen and oxygen atoms in total. The molecule has 1 N–H and O–H groups in total. The van der Waals surface area contributed by atoms with Crippen LogP contribution in [-0.2, 0) is 11.2 Å². The molecule has 0 saturated carbocycles. The number of nitro groups is 1. The quantitative estimate of drug-likeness (QED) is 0.409. The molecule has 0 aliphatic rings. The lowest BCUT2D eigenvalue weighted by molar-refractivity contribution is -0.385. The van der Waals surface area contributed by atoms with Gasteiger partial charge in [0.2, 0.25) is 5.91 Å². The molecule has 138 valence electrons. The van der Waals surface area contributed by atoms with Crippen molar-refractivity contribution < 1.29 is 9.72 Å². The highest BCUT2D eigenvalue weighted by Crippen LogP contribution is 2.23. The number of para-hydroxylation sites is 2. The Morgan fingerprint density at radius 3 is 2.67 bits per heavy atom. The average Bonchev–Trinajstić information content (AvgIpc) is 3.01. The first kappa shape index (κ1) is 18.3. The number of amides is 1. The van der Waals surface area contributed by atoms with Crippen LogP contribution in [0.15, 0.2) is 59.8 Å². The second-order valence-corrected chi connectivity index (χ2v) is 6.46. The van der Waals surface area contributed by atoms with Gasteiger partial charge in [0.25, 0.3) is 5.69 Å². The van der Waals surface area contributed by atoms with E-state index in [1.54, 1.807) is 24.4 Å². The maximum absolute atomic E-state index is 12.1. The van der Waals surface area contributed by atoms with Gasteiger partial charge in [-0.1, -0.05) is 36.4 Å². The summed E-state index contributed by atoms with van der Waals surface area (Å²) in [4.78, 5) is 22.6. The van der Waals surface area contributed by atoms with Gasteiger partial charge in [0, 0.05) is 40.3 Å². The maximum Gasteiger partial charge on any atom is 0.273 e. The van der Waals surface area contributed by atoms with Crippen molar-refractivity contribution in [1.82, 2.24) is 9.99 Å². The zero-order valence-corrected chi connectivity index (χ0v) is 15.1. The van der Waals surface area contributed by atoms with E-state index in [1.807, 2.05) is 30.5 Å². The Kier molecular flexibility index (Phi) is 5.30. The predicted octanol–water partition coefficient (Wildman–Crippen LogP) is 3.82. The van der Waals surface area contributed by atoms with E-state index < -0.39 is 10.8 Å². The molecule has 0 aliphatic carbocycles. The highest BCUT2D eigenvalue weighted by atomic mass is 16.6. The molecule has 0 radical (unpaired) electrons. The van der Waals surface area contributed by atoms with Crippen molar-refractivity contribution in [1.29, 1.82) is 0 Å². The van der Waals surface area contributed by atoms with E-state index in [2.05, 4.69) is 28.9 Å². The van der Waals surface area contributed by atoms with Crippen LogP contribution in [0.25, 0.3) is 10.9 Å². The van der Waals surface area contributed by atoms with E-state index >= 15 is 0 Å². The zero-order valence-electron chi connectivity index (χ0n) is 15.1. The normalized spacial score (nSPS) is 11.4. The number of hydrazone groups is 1. The maximum atomic E-state index is 12.1. The van der Waals surface area contributed by atoms with E-state index in [1.165, 1.54) is 6.07 Å². The number of carbonyl (C=O) groups is 1. The Balaban J connectivity index is 1.74. The van der Waals surface area contributed by atoms with Crippen LogP contribution in [0.5, 0.6) is 0 Å². The van der Waals surface area contributed by atoms with Crippen LogP contribution in [0.4, 0.5) is 5.69 Å². The Labute approximate surface area is 156 Å². The van der Waals surface area contributed by atoms with Gasteiger partial charge >= 0.3 is 0 Å². The van der Waals surface area contributed by atoms with Gasteiger partial charge < -0.3 is 4.57 Å². The highest BCUT2D eigenvalue weighted by molar-refractivity contribution is 5.99. The standard InChI is InChI=1S/C20H20N4O3/c1-14(2)23-13-16(17-8-4-6-10-19(17)23)12-21-22-20(25)11-15-7-3-5-9-18(15)24(26)27/h3-10,12-14H,11H2,1-2H3,(H,22,25). The lowest BCUT2D eigenvalue weighted by Gasteiger charge is -2.08. The number of benzene rings is 2. The summed E-state index contributed by atoms with van der Waals surface area (Å²) < 4.78 is 2.14. The molecule has 27 heavy (non-hydrogen) atoms. The largest absolute Gasteiger partial charge is 0.344 e. The molecule has 1 aromatic heterocycles. The number of hydrogen-bond acceptors (Lipinski definition) is 4. The first-order valence-electron chi connectivity index (χ1n) is 8.61. The summed E-state index contributed by atoms with van der Waals surface area (Å²) in [6.45, 7) is 4.20. The van der Waals surface area contributed by atoms with Crippen molar-refractivity contribution in [2.24, 2.45) is 5.10 Å². The molecule has 2 aromatic carbocycles. The summed E-state index contributed by atoms with van der Waals surface area (Å²) in [6.07, 6.45) is 3.48. The molecule has 0 atom stereocenters. The molecule has 0 unspecified atom stereocenters. The lowest BCUT2D eigenvalue weighted by Crippen LogP contribution is -2.20. The van der Waals surface area contributed by atoms with Gasteiger partial charge in [-0.2, -0.15) is 5.10 Å². The van der Waals surface area contributed by atoms with E-state index in [4.69, 9.17) is 0 Å². The molecule has 0 fully saturated rings. The minimum Gasteiger partial charge on any atom is -0.344 e. The van der Waals surface area contributed by atoms with Crippen LogP contribution >= 0.6 is 0 Å². The molecule has 1 amide bonds. The minimum atomic E-state index is -0.493. The van der Waals surface area contributed by atoms with Crippen LogP contribution < -0.4 is 5.43 Å². The molecule has 0 bridgehead atoms. The lowest BCUT2D eigenvalue weighted by atomic mass is 10.1. The first-order chi connectivity index (χ1) is 13.0. The van der Waals surface area contributed by atoms with Crippen molar-refractivity contribution in [2.45, 2.75) is 26.3 Å². The number of fused-ring (bicyclic) bond motifs is 1. The zero-order chi connectivity index (χ0) is 19.4. The van der Waals surface area contributed by atoms with Crippen LogP contribution in [0.2, 0.25) is 0 Å². The van der Waals surface area contributed by atoms with Gasteiger partial charge in [-0.25, -0.2) is 5.43 Å². The van der Waals surface area contributed by atoms with Crippen molar-refractivity contribution in [3.05, 3.63) is 76.0 Å². The van der Waals surface area contributed by atoms with Crippen LogP contribution in [0.1, 0.15) is 31.0 Å². The second-order valence-electron chi connectivity index (χ2n) is 6.46. The summed E-state index contributed by atoms with van der Waals surface area (Å²) in [5.74, 6) is -0.409. The van der Waals surface area contributed by atoms with Gasteiger partial charge in [-0.05, 0) is 19.9 Å². The van der Waals surface area contributed by atoms with Crippen LogP contribution in [0.3, 0.4) is 0 Å². The van der Waals surface area contributed by atoms with Crippen molar-refractivity contribution >= 4 is 28.7 Å². The van der Waals surface area contributed by atoms with Crippen molar-refractivity contribution in [3.8, 4) is 0 Å². The number of hydrogen-bond donors (Lipinski definition) is 1.